The van der Waals surface area contributed by atoms with Crippen molar-refractivity contribution in [3.8, 4) is 23.3 Å². The van der Waals surface area contributed by atoms with Gasteiger partial charge in [0.25, 0.3) is 0 Å². The predicted octanol–water partition coefficient (Wildman–Crippen LogP) is 2.57. The van der Waals surface area contributed by atoms with Crippen LogP contribution in [0.5, 0.6) is 11.5 Å². The van der Waals surface area contributed by atoms with Gasteiger partial charge in [0.2, 0.25) is 0 Å². The molecule has 3 nitrogen and oxygen atoms in total. The van der Waals surface area contributed by atoms with Crippen LogP contribution >= 0.6 is 0 Å². The van der Waals surface area contributed by atoms with E-state index in [1.165, 1.54) is 25.7 Å². The van der Waals surface area contributed by atoms with Gasteiger partial charge in [-0.1, -0.05) is 24.7 Å². The molecule has 1 aromatic carbocycles. The normalized spacial score (nSPS) is 14.8. The number of rotatable bonds is 4. The van der Waals surface area contributed by atoms with E-state index >= 15 is 0 Å². The minimum Gasteiger partial charge on any atom is -0.497 e. The summed E-state index contributed by atoms with van der Waals surface area (Å²) in [6.45, 7) is 1.13. The molecule has 0 radical (unpaired) electrons. The summed E-state index contributed by atoms with van der Waals surface area (Å²) >= 11 is 0. The minimum atomic E-state index is 0.347. The molecule has 1 aromatic rings. The second-order valence-corrected chi connectivity index (χ2v) is 4.83. The van der Waals surface area contributed by atoms with Crippen molar-refractivity contribution in [3.05, 3.63) is 23.8 Å². The van der Waals surface area contributed by atoms with Gasteiger partial charge in [0, 0.05) is 0 Å². The van der Waals surface area contributed by atoms with Gasteiger partial charge in [0.1, 0.15) is 11.5 Å². The molecule has 0 spiro atoms. The summed E-state index contributed by atoms with van der Waals surface area (Å²) in [5.41, 5.74) is 6.27. The lowest BCUT2D eigenvalue weighted by atomic mass is 10.1. The average molecular weight is 259 g/mol. The molecule has 0 saturated heterocycles. The zero-order valence-electron chi connectivity index (χ0n) is 11.4. The molecule has 0 aliphatic heterocycles. The Hall–Kier alpha value is -1.66. The highest BCUT2D eigenvalue weighted by atomic mass is 16.5. The monoisotopic (exact) mass is 259 g/mol. The van der Waals surface area contributed by atoms with Crippen LogP contribution < -0.4 is 15.2 Å². The van der Waals surface area contributed by atoms with Gasteiger partial charge in [-0.2, -0.15) is 0 Å². The Morgan fingerprint density at radius 3 is 2.79 bits per heavy atom. The van der Waals surface area contributed by atoms with Gasteiger partial charge >= 0.3 is 0 Å². The van der Waals surface area contributed by atoms with Crippen molar-refractivity contribution in [3.63, 3.8) is 0 Å². The maximum atomic E-state index is 5.92. The predicted molar refractivity (Wildman–Crippen MR) is 76.4 cm³/mol. The lowest BCUT2D eigenvalue weighted by Gasteiger charge is -2.13. The summed E-state index contributed by atoms with van der Waals surface area (Å²) < 4.78 is 11.1. The highest BCUT2D eigenvalue weighted by Gasteiger charge is 2.16. The molecular weight excluding hydrogens is 238 g/mol. The van der Waals surface area contributed by atoms with Crippen LogP contribution in [-0.2, 0) is 0 Å². The largest absolute Gasteiger partial charge is 0.497 e. The molecule has 1 saturated carbocycles. The highest BCUT2D eigenvalue weighted by molar-refractivity contribution is 5.50. The van der Waals surface area contributed by atoms with E-state index in [0.29, 0.717) is 12.5 Å². The van der Waals surface area contributed by atoms with Crippen molar-refractivity contribution < 1.29 is 9.47 Å². The second-order valence-electron chi connectivity index (χ2n) is 4.83. The third-order valence-electron chi connectivity index (χ3n) is 3.46. The van der Waals surface area contributed by atoms with Crippen LogP contribution in [0.4, 0.5) is 0 Å². The van der Waals surface area contributed by atoms with Crippen LogP contribution in [-0.4, -0.2) is 20.3 Å². The molecule has 3 heteroatoms. The Kier molecular flexibility index (Phi) is 5.11. The third-order valence-corrected chi connectivity index (χ3v) is 3.46. The first-order chi connectivity index (χ1) is 9.33. The van der Waals surface area contributed by atoms with Crippen molar-refractivity contribution in [1.29, 1.82) is 0 Å². The number of methoxy groups -OCH3 is 1. The summed E-state index contributed by atoms with van der Waals surface area (Å²) in [5.74, 6) is 8.22. The van der Waals surface area contributed by atoms with Crippen molar-refractivity contribution >= 4 is 0 Å². The van der Waals surface area contributed by atoms with Gasteiger partial charge in [0.05, 0.1) is 25.8 Å². The smallest absolute Gasteiger partial charge is 0.135 e. The van der Waals surface area contributed by atoms with Crippen LogP contribution in [0.3, 0.4) is 0 Å². The Labute approximate surface area is 115 Å². The Morgan fingerprint density at radius 2 is 2.11 bits per heavy atom. The van der Waals surface area contributed by atoms with E-state index in [0.717, 1.165) is 23.7 Å². The number of hydrogen-bond donors (Lipinski definition) is 1. The van der Waals surface area contributed by atoms with Crippen LogP contribution in [0.1, 0.15) is 31.2 Å². The maximum Gasteiger partial charge on any atom is 0.135 e. The molecule has 19 heavy (non-hydrogen) atoms. The van der Waals surface area contributed by atoms with E-state index in [-0.39, 0.29) is 0 Å². The first kappa shape index (κ1) is 13.8. The van der Waals surface area contributed by atoms with E-state index in [1.807, 2.05) is 18.2 Å². The molecule has 0 aromatic heterocycles. The summed E-state index contributed by atoms with van der Waals surface area (Å²) in [4.78, 5) is 0. The van der Waals surface area contributed by atoms with Gasteiger partial charge < -0.3 is 15.2 Å². The SMILES string of the molecule is COc1ccc(OCC2CCCC2)c(C#CCN)c1. The standard InChI is InChI=1S/C16H21NO2/c1-18-15-8-9-16(14(11-15)7-4-10-17)19-12-13-5-2-3-6-13/h8-9,11,13H,2-3,5-6,10,12,17H2,1H3. The van der Waals surface area contributed by atoms with Gasteiger partial charge in [-0.15, -0.1) is 0 Å². The lowest BCUT2D eigenvalue weighted by Crippen LogP contribution is -2.08. The van der Waals surface area contributed by atoms with Crippen molar-refractivity contribution in [1.82, 2.24) is 0 Å². The molecule has 1 fully saturated rings. The molecule has 1 aliphatic carbocycles. The summed E-state index contributed by atoms with van der Waals surface area (Å²) in [5, 5.41) is 0. The fourth-order valence-corrected chi connectivity index (χ4v) is 2.39. The van der Waals surface area contributed by atoms with Crippen LogP contribution in [0, 0.1) is 17.8 Å². The molecule has 0 bridgehead atoms. The van der Waals surface area contributed by atoms with Crippen molar-refractivity contribution in [2.75, 3.05) is 20.3 Å². The van der Waals surface area contributed by atoms with Gasteiger partial charge in [-0.05, 0) is 37.0 Å². The van der Waals surface area contributed by atoms with E-state index in [2.05, 4.69) is 11.8 Å². The summed E-state index contributed by atoms with van der Waals surface area (Å²) in [7, 11) is 1.65. The number of nitrogens with two attached hydrogens (primary N) is 1. The maximum absolute atomic E-state index is 5.92. The van der Waals surface area contributed by atoms with Crippen LogP contribution in [0.2, 0.25) is 0 Å². The van der Waals surface area contributed by atoms with Crippen molar-refractivity contribution in [2.45, 2.75) is 25.7 Å². The molecule has 0 heterocycles. The molecule has 1 aliphatic rings. The number of ether oxygens (including phenoxy) is 2. The van der Waals surface area contributed by atoms with E-state index < -0.39 is 0 Å². The Bertz CT molecular complexity index is 467. The highest BCUT2D eigenvalue weighted by Crippen LogP contribution is 2.28. The Balaban J connectivity index is 2.08. The van der Waals surface area contributed by atoms with Gasteiger partial charge in [-0.25, -0.2) is 0 Å². The van der Waals surface area contributed by atoms with E-state index in [1.54, 1.807) is 7.11 Å². The van der Waals surface area contributed by atoms with Crippen molar-refractivity contribution in [2.24, 2.45) is 11.7 Å². The molecular formula is C16H21NO2. The second kappa shape index (κ2) is 7.06. The van der Waals surface area contributed by atoms with Crippen LogP contribution in [0.15, 0.2) is 18.2 Å². The van der Waals surface area contributed by atoms with Crippen LogP contribution in [0.25, 0.3) is 0 Å². The summed E-state index contributed by atoms with van der Waals surface area (Å²) in [6.07, 6.45) is 5.22. The molecule has 2 rings (SSSR count). The zero-order chi connectivity index (χ0) is 13.5. The molecule has 0 atom stereocenters. The first-order valence-electron chi connectivity index (χ1n) is 6.83. The molecule has 0 amide bonds. The van der Waals surface area contributed by atoms with E-state index in [9.17, 15) is 0 Å². The quantitative estimate of drug-likeness (QED) is 0.845. The molecule has 0 unspecified atom stereocenters. The fourth-order valence-electron chi connectivity index (χ4n) is 2.39. The minimum absolute atomic E-state index is 0.347. The number of hydrogen-bond acceptors (Lipinski definition) is 3. The molecule has 102 valence electrons. The topological polar surface area (TPSA) is 44.5 Å². The number of benzene rings is 1. The Morgan fingerprint density at radius 1 is 1.32 bits per heavy atom. The zero-order valence-corrected chi connectivity index (χ0v) is 11.4. The average Bonchev–Trinajstić information content (AvgIpc) is 2.96. The van der Waals surface area contributed by atoms with Gasteiger partial charge in [-0.3, -0.25) is 0 Å². The fraction of sp³-hybridized carbons (Fsp3) is 0.500. The summed E-state index contributed by atoms with van der Waals surface area (Å²) in [6, 6.07) is 5.72. The molecule has 2 N–H and O–H groups in total. The third kappa shape index (κ3) is 3.90. The van der Waals surface area contributed by atoms with Gasteiger partial charge in [0.15, 0.2) is 0 Å². The first-order valence-corrected chi connectivity index (χ1v) is 6.83. The van der Waals surface area contributed by atoms with E-state index in [4.69, 9.17) is 15.2 Å². The lowest BCUT2D eigenvalue weighted by molar-refractivity contribution is 0.251.